The zero-order chi connectivity index (χ0) is 18.5. The monoisotopic (exact) mass is 431 g/mol. The number of nitrogens with two attached hydrogens (primary N) is 1. The highest BCUT2D eigenvalue weighted by Gasteiger charge is 2.30. The van der Waals surface area contributed by atoms with Crippen molar-refractivity contribution in [2.75, 3.05) is 5.73 Å². The first-order valence-corrected chi connectivity index (χ1v) is 9.79. The third-order valence-electron chi connectivity index (χ3n) is 3.66. The average molecular weight is 432 g/mol. The molecule has 2 heterocycles. The molecular weight excluding hydrogens is 416 g/mol. The number of rotatable bonds is 4. The van der Waals surface area contributed by atoms with Crippen LogP contribution >= 0.6 is 23.5 Å². The maximum atomic E-state index is 14.0. The van der Waals surface area contributed by atoms with Crippen LogP contribution in [0, 0.1) is 11.7 Å². The van der Waals surface area contributed by atoms with E-state index in [0.29, 0.717) is 16.5 Å². The normalized spacial score (nSPS) is 12.4. The van der Waals surface area contributed by atoms with Crippen molar-refractivity contribution in [3.05, 3.63) is 28.7 Å². The lowest BCUT2D eigenvalue weighted by atomic mass is 10.2. The SMILES string of the molecule is CC(C)Cn1c(-c2ccoc2P(=O)(O)O)nc2c(N)c(F)cc(Br)c21. The lowest BCUT2D eigenvalue weighted by molar-refractivity contribution is 0.376. The standard InChI is InChI=1S/C15H16BrFN3O4P/c1-7(2)6-20-13-9(16)5-10(17)11(18)12(13)19-14(20)8-3-4-24-15(8)25(21,22)23/h3-5,7H,6,18H2,1-2H3,(H2,21,22,23). The number of nitrogens with zero attached hydrogens (tertiary/aromatic N) is 2. The molecule has 3 aromatic rings. The largest absolute Gasteiger partial charge is 0.456 e. The number of imidazole rings is 1. The Morgan fingerprint density at radius 3 is 2.76 bits per heavy atom. The van der Waals surface area contributed by atoms with Gasteiger partial charge in [0.1, 0.15) is 17.2 Å². The number of nitrogen functional groups attached to an aromatic ring is 1. The molecule has 4 N–H and O–H groups in total. The number of fused-ring (bicyclic) bond motifs is 1. The van der Waals surface area contributed by atoms with Crippen LogP contribution in [0.1, 0.15) is 13.8 Å². The van der Waals surface area contributed by atoms with E-state index < -0.39 is 18.9 Å². The van der Waals surface area contributed by atoms with Gasteiger partial charge in [-0.2, -0.15) is 0 Å². The van der Waals surface area contributed by atoms with Crippen LogP contribution in [0.4, 0.5) is 10.1 Å². The summed E-state index contributed by atoms with van der Waals surface area (Å²) in [6.07, 6.45) is 1.18. The molecule has 0 bridgehead atoms. The van der Waals surface area contributed by atoms with E-state index in [1.807, 2.05) is 13.8 Å². The summed E-state index contributed by atoms with van der Waals surface area (Å²) in [5.41, 5.74) is 6.15. The van der Waals surface area contributed by atoms with Crippen molar-refractivity contribution in [2.45, 2.75) is 20.4 Å². The van der Waals surface area contributed by atoms with Gasteiger partial charge in [-0.05, 0) is 34.0 Å². The summed E-state index contributed by atoms with van der Waals surface area (Å²) >= 11 is 3.32. The number of hydrogen-bond acceptors (Lipinski definition) is 4. The fraction of sp³-hybridized carbons (Fsp3) is 0.267. The predicted molar refractivity (Wildman–Crippen MR) is 96.0 cm³/mol. The molecule has 0 radical (unpaired) electrons. The van der Waals surface area contributed by atoms with E-state index in [-0.39, 0.29) is 28.5 Å². The third kappa shape index (κ3) is 3.13. The van der Waals surface area contributed by atoms with Gasteiger partial charge in [0.25, 0.3) is 0 Å². The molecule has 0 fully saturated rings. The number of halogens is 2. The summed E-state index contributed by atoms with van der Waals surface area (Å²) in [4.78, 5) is 23.4. The van der Waals surface area contributed by atoms with Crippen molar-refractivity contribution in [3.63, 3.8) is 0 Å². The van der Waals surface area contributed by atoms with Crippen molar-refractivity contribution < 1.29 is 23.2 Å². The highest BCUT2D eigenvalue weighted by molar-refractivity contribution is 9.10. The molecule has 0 aliphatic heterocycles. The van der Waals surface area contributed by atoms with Crippen LogP contribution in [0.5, 0.6) is 0 Å². The highest BCUT2D eigenvalue weighted by Crippen LogP contribution is 2.40. The van der Waals surface area contributed by atoms with Crippen molar-refractivity contribution in [2.24, 2.45) is 5.92 Å². The molecular formula is C15H16BrFN3O4P. The minimum atomic E-state index is -4.64. The molecule has 0 unspecified atom stereocenters. The lowest BCUT2D eigenvalue weighted by Gasteiger charge is -2.13. The number of hydrogen-bond donors (Lipinski definition) is 3. The van der Waals surface area contributed by atoms with Crippen LogP contribution in [-0.4, -0.2) is 19.3 Å². The Balaban J connectivity index is 2.40. The Morgan fingerprint density at radius 1 is 1.48 bits per heavy atom. The first-order chi connectivity index (χ1) is 11.6. The van der Waals surface area contributed by atoms with E-state index in [2.05, 4.69) is 20.9 Å². The van der Waals surface area contributed by atoms with Crippen LogP contribution < -0.4 is 11.2 Å². The van der Waals surface area contributed by atoms with Gasteiger partial charge in [0, 0.05) is 11.0 Å². The van der Waals surface area contributed by atoms with Crippen LogP contribution in [-0.2, 0) is 11.1 Å². The van der Waals surface area contributed by atoms with Crippen molar-refractivity contribution in [1.82, 2.24) is 9.55 Å². The van der Waals surface area contributed by atoms with Gasteiger partial charge in [-0.3, -0.25) is 4.57 Å². The Labute approximate surface area is 150 Å². The predicted octanol–water partition coefficient (Wildman–Crippen LogP) is 3.24. The second-order valence-electron chi connectivity index (χ2n) is 6.07. The van der Waals surface area contributed by atoms with Gasteiger partial charge >= 0.3 is 7.60 Å². The van der Waals surface area contributed by atoms with Gasteiger partial charge in [-0.1, -0.05) is 13.8 Å². The molecule has 2 aromatic heterocycles. The van der Waals surface area contributed by atoms with Crippen molar-refractivity contribution >= 4 is 45.7 Å². The van der Waals surface area contributed by atoms with Crippen LogP contribution in [0.3, 0.4) is 0 Å². The van der Waals surface area contributed by atoms with Gasteiger partial charge in [0.15, 0.2) is 0 Å². The Bertz CT molecular complexity index is 1010. The topological polar surface area (TPSA) is 115 Å². The quantitative estimate of drug-likeness (QED) is 0.431. The maximum absolute atomic E-state index is 14.0. The second-order valence-corrected chi connectivity index (χ2v) is 8.42. The Hall–Kier alpha value is -1.67. The molecule has 0 atom stereocenters. The van der Waals surface area contributed by atoms with E-state index in [1.165, 1.54) is 18.4 Å². The average Bonchev–Trinajstić information content (AvgIpc) is 3.08. The fourth-order valence-electron chi connectivity index (χ4n) is 2.70. The summed E-state index contributed by atoms with van der Waals surface area (Å²) in [7, 11) is -4.64. The first-order valence-electron chi connectivity index (χ1n) is 7.39. The molecule has 7 nitrogen and oxygen atoms in total. The molecule has 0 amide bonds. The molecule has 0 spiro atoms. The van der Waals surface area contributed by atoms with Crippen molar-refractivity contribution in [1.29, 1.82) is 0 Å². The van der Waals surface area contributed by atoms with Crippen LogP contribution in [0.25, 0.3) is 22.4 Å². The zero-order valence-electron chi connectivity index (χ0n) is 13.4. The number of benzene rings is 1. The molecule has 134 valence electrons. The van der Waals surface area contributed by atoms with Crippen LogP contribution in [0.2, 0.25) is 0 Å². The minimum absolute atomic E-state index is 0.122. The summed E-state index contributed by atoms with van der Waals surface area (Å²) in [6.45, 7) is 4.45. The highest BCUT2D eigenvalue weighted by atomic mass is 79.9. The number of anilines is 1. The molecule has 0 saturated carbocycles. The first kappa shape index (κ1) is 18.1. The summed E-state index contributed by atoms with van der Waals surface area (Å²) in [5, 5.41) is 0. The summed E-state index contributed by atoms with van der Waals surface area (Å²) in [6, 6.07) is 2.67. The van der Waals surface area contributed by atoms with E-state index >= 15 is 0 Å². The van der Waals surface area contributed by atoms with Crippen molar-refractivity contribution in [3.8, 4) is 11.4 Å². The van der Waals surface area contributed by atoms with E-state index in [0.717, 1.165) is 0 Å². The molecule has 1 aromatic carbocycles. The lowest BCUT2D eigenvalue weighted by Crippen LogP contribution is -2.11. The Morgan fingerprint density at radius 2 is 2.16 bits per heavy atom. The minimum Gasteiger partial charge on any atom is -0.456 e. The maximum Gasteiger partial charge on any atom is 0.391 e. The van der Waals surface area contributed by atoms with Gasteiger partial charge in [-0.15, -0.1) is 0 Å². The molecule has 0 saturated heterocycles. The Kier molecular flexibility index (Phi) is 4.53. The molecule has 10 heteroatoms. The van der Waals surface area contributed by atoms with E-state index in [9.17, 15) is 18.7 Å². The molecule has 0 aliphatic rings. The third-order valence-corrected chi connectivity index (χ3v) is 5.14. The smallest absolute Gasteiger partial charge is 0.391 e. The summed E-state index contributed by atoms with van der Waals surface area (Å²) in [5.74, 6) is -0.170. The van der Waals surface area contributed by atoms with Gasteiger partial charge in [-0.25, -0.2) is 9.37 Å². The van der Waals surface area contributed by atoms with E-state index in [4.69, 9.17) is 10.2 Å². The fourth-order valence-corrected chi connectivity index (χ4v) is 3.99. The molecule has 0 aliphatic carbocycles. The van der Waals surface area contributed by atoms with Gasteiger partial charge in [0.2, 0.25) is 5.50 Å². The number of aromatic nitrogens is 2. The van der Waals surface area contributed by atoms with Gasteiger partial charge < -0.3 is 24.5 Å². The van der Waals surface area contributed by atoms with Gasteiger partial charge in [0.05, 0.1) is 23.0 Å². The summed E-state index contributed by atoms with van der Waals surface area (Å²) < 4.78 is 32.9. The second kappa shape index (κ2) is 6.25. The zero-order valence-corrected chi connectivity index (χ0v) is 15.9. The van der Waals surface area contributed by atoms with Crippen LogP contribution in [0.15, 0.2) is 27.3 Å². The number of furan rings is 1. The van der Waals surface area contributed by atoms with E-state index in [1.54, 1.807) is 4.57 Å². The molecule has 25 heavy (non-hydrogen) atoms. The molecule has 3 rings (SSSR count).